The summed E-state index contributed by atoms with van der Waals surface area (Å²) in [5.41, 5.74) is -1.37. The van der Waals surface area contributed by atoms with Crippen LogP contribution in [0.2, 0.25) is 0 Å². The maximum atomic E-state index is 13.3. The number of carbonyl (C=O) groups excluding carboxylic acids is 1. The summed E-state index contributed by atoms with van der Waals surface area (Å²) in [5, 5.41) is 8.51. The highest BCUT2D eigenvalue weighted by molar-refractivity contribution is 5.89. The molecule has 0 saturated carbocycles. The lowest BCUT2D eigenvalue weighted by atomic mass is 10.1. The normalized spacial score (nSPS) is 13.2. The predicted molar refractivity (Wildman–Crippen MR) is 67.6 cm³/mol. The largest absolute Gasteiger partial charge is 0.494 e. The van der Waals surface area contributed by atoms with Crippen molar-refractivity contribution < 1.29 is 18.7 Å². The summed E-state index contributed by atoms with van der Waals surface area (Å²) in [6, 6.07) is 8.07. The number of alkyl halides is 1. The number of benzene rings is 1. The zero-order valence-corrected chi connectivity index (χ0v) is 11.0. The number of nitrogens with zero attached hydrogens (tertiary/aromatic N) is 1. The second kappa shape index (κ2) is 6.74. The second-order valence-electron chi connectivity index (χ2n) is 4.28. The zero-order chi connectivity index (χ0) is 14.3. The van der Waals surface area contributed by atoms with E-state index in [9.17, 15) is 9.18 Å². The van der Waals surface area contributed by atoms with Gasteiger partial charge in [0.15, 0.2) is 5.67 Å². The van der Waals surface area contributed by atoms with Crippen LogP contribution in [0.3, 0.4) is 0 Å². The summed E-state index contributed by atoms with van der Waals surface area (Å²) in [7, 11) is 1.32. The van der Waals surface area contributed by atoms with Crippen molar-refractivity contribution >= 4 is 5.97 Å². The van der Waals surface area contributed by atoms with Crippen LogP contribution in [0.5, 0.6) is 5.75 Å². The molecule has 0 fully saturated rings. The van der Waals surface area contributed by atoms with Crippen LogP contribution in [0.1, 0.15) is 30.1 Å². The first-order valence-corrected chi connectivity index (χ1v) is 5.90. The van der Waals surface area contributed by atoms with Gasteiger partial charge in [-0.1, -0.05) is 0 Å². The predicted octanol–water partition coefficient (Wildman–Crippen LogP) is 2.88. The third-order valence-electron chi connectivity index (χ3n) is 2.57. The van der Waals surface area contributed by atoms with Gasteiger partial charge in [-0.15, -0.1) is 0 Å². The van der Waals surface area contributed by atoms with Crippen molar-refractivity contribution in [2.75, 3.05) is 13.7 Å². The van der Waals surface area contributed by atoms with Gasteiger partial charge in [0.2, 0.25) is 0 Å². The molecule has 1 atom stereocenters. The standard InChI is InChI=1S/C14H16FNO3/c1-14(15,10-16)8-3-9-19-12-6-4-11(5-7-12)13(17)18-2/h4-7H,3,8-9H2,1-2H3/t14-/m1/s1. The number of halogens is 1. The fraction of sp³-hybridized carbons (Fsp3) is 0.429. The Kier molecular flexibility index (Phi) is 5.31. The quantitative estimate of drug-likeness (QED) is 0.586. The number of carbonyl (C=O) groups is 1. The number of ether oxygens (including phenoxy) is 2. The molecule has 1 aromatic carbocycles. The van der Waals surface area contributed by atoms with Gasteiger partial charge in [-0.3, -0.25) is 0 Å². The lowest BCUT2D eigenvalue weighted by Crippen LogP contribution is -2.15. The zero-order valence-electron chi connectivity index (χ0n) is 11.0. The third-order valence-corrected chi connectivity index (χ3v) is 2.57. The number of hydrogen-bond donors (Lipinski definition) is 0. The van der Waals surface area contributed by atoms with E-state index < -0.39 is 11.6 Å². The van der Waals surface area contributed by atoms with E-state index in [1.165, 1.54) is 14.0 Å². The van der Waals surface area contributed by atoms with Gasteiger partial charge in [0, 0.05) is 0 Å². The van der Waals surface area contributed by atoms with Gasteiger partial charge in [-0.2, -0.15) is 5.26 Å². The minimum atomic E-state index is -1.81. The summed E-state index contributed by atoms with van der Waals surface area (Å²) >= 11 is 0. The molecule has 0 radical (unpaired) electrons. The minimum Gasteiger partial charge on any atom is -0.494 e. The van der Waals surface area contributed by atoms with Gasteiger partial charge >= 0.3 is 5.97 Å². The Hall–Kier alpha value is -2.09. The maximum absolute atomic E-state index is 13.3. The van der Waals surface area contributed by atoms with Gasteiger partial charge in [0.05, 0.1) is 19.3 Å². The van der Waals surface area contributed by atoms with Crippen molar-refractivity contribution in [3.8, 4) is 11.8 Å². The van der Waals surface area contributed by atoms with Crippen molar-refractivity contribution in [3.05, 3.63) is 29.8 Å². The van der Waals surface area contributed by atoms with Crippen LogP contribution in [0, 0.1) is 11.3 Å². The maximum Gasteiger partial charge on any atom is 0.337 e. The summed E-state index contributed by atoms with van der Waals surface area (Å²) in [4.78, 5) is 11.2. The molecule has 1 rings (SSSR count). The Labute approximate surface area is 111 Å². The van der Waals surface area contributed by atoms with Gasteiger partial charge in [0.25, 0.3) is 0 Å². The number of nitriles is 1. The van der Waals surface area contributed by atoms with Crippen LogP contribution >= 0.6 is 0 Å². The molecule has 4 nitrogen and oxygen atoms in total. The molecule has 0 amide bonds. The molecular weight excluding hydrogens is 249 g/mol. The SMILES string of the molecule is COC(=O)c1ccc(OCCC[C@@](C)(F)C#N)cc1. The highest BCUT2D eigenvalue weighted by Gasteiger charge is 2.21. The van der Waals surface area contributed by atoms with E-state index in [1.54, 1.807) is 30.3 Å². The molecular formula is C14H16FNO3. The third kappa shape index (κ3) is 4.96. The van der Waals surface area contributed by atoms with E-state index in [2.05, 4.69) is 4.74 Å². The molecule has 0 unspecified atom stereocenters. The monoisotopic (exact) mass is 265 g/mol. The van der Waals surface area contributed by atoms with Crippen LogP contribution in [-0.2, 0) is 4.74 Å². The number of hydrogen-bond acceptors (Lipinski definition) is 4. The van der Waals surface area contributed by atoms with Crippen molar-refractivity contribution in [3.63, 3.8) is 0 Å². The molecule has 0 heterocycles. The minimum absolute atomic E-state index is 0.129. The molecule has 0 bridgehead atoms. The van der Waals surface area contributed by atoms with E-state index in [0.717, 1.165) is 0 Å². The van der Waals surface area contributed by atoms with E-state index in [4.69, 9.17) is 10.00 Å². The molecule has 0 aliphatic heterocycles. The summed E-state index contributed by atoms with van der Waals surface area (Å²) in [6.07, 6.45) is 0.572. The first-order chi connectivity index (χ1) is 8.98. The molecule has 102 valence electrons. The molecule has 5 heteroatoms. The lowest BCUT2D eigenvalue weighted by molar-refractivity contribution is 0.0600. The van der Waals surface area contributed by atoms with Crippen molar-refractivity contribution in [2.45, 2.75) is 25.4 Å². The molecule has 1 aromatic rings. The van der Waals surface area contributed by atoms with Crippen molar-refractivity contribution in [2.24, 2.45) is 0 Å². The topological polar surface area (TPSA) is 59.3 Å². The summed E-state index contributed by atoms with van der Waals surface area (Å²) < 4.78 is 23.2. The van der Waals surface area contributed by atoms with E-state index in [-0.39, 0.29) is 6.42 Å². The fourth-order valence-corrected chi connectivity index (χ4v) is 1.46. The highest BCUT2D eigenvalue weighted by Crippen LogP contribution is 2.17. The molecule has 0 N–H and O–H groups in total. The molecule has 0 aliphatic rings. The molecule has 0 spiro atoms. The van der Waals surface area contributed by atoms with E-state index in [1.807, 2.05) is 0 Å². The van der Waals surface area contributed by atoms with Gasteiger partial charge in [0.1, 0.15) is 11.8 Å². The van der Waals surface area contributed by atoms with Crippen LogP contribution < -0.4 is 4.74 Å². The van der Waals surface area contributed by atoms with Crippen molar-refractivity contribution in [1.82, 2.24) is 0 Å². The average molecular weight is 265 g/mol. The van der Waals surface area contributed by atoms with Crippen LogP contribution in [0.4, 0.5) is 4.39 Å². The molecule has 19 heavy (non-hydrogen) atoms. The number of methoxy groups -OCH3 is 1. The van der Waals surface area contributed by atoms with Gasteiger partial charge in [-0.25, -0.2) is 9.18 Å². The first kappa shape index (κ1) is 15.0. The Balaban J connectivity index is 2.39. The number of esters is 1. The molecule has 0 aliphatic carbocycles. The molecule has 0 aromatic heterocycles. The van der Waals surface area contributed by atoms with Crippen LogP contribution in [-0.4, -0.2) is 25.4 Å². The summed E-state index contributed by atoms with van der Waals surface area (Å²) in [6.45, 7) is 1.57. The van der Waals surface area contributed by atoms with Crippen LogP contribution in [0.15, 0.2) is 24.3 Å². The van der Waals surface area contributed by atoms with Gasteiger partial charge < -0.3 is 9.47 Å². The first-order valence-electron chi connectivity index (χ1n) is 5.90. The Morgan fingerprint density at radius 2 is 2.05 bits per heavy atom. The van der Waals surface area contributed by atoms with Crippen molar-refractivity contribution in [1.29, 1.82) is 5.26 Å². The smallest absolute Gasteiger partial charge is 0.337 e. The Morgan fingerprint density at radius 3 is 2.58 bits per heavy atom. The Morgan fingerprint density at radius 1 is 1.42 bits per heavy atom. The molecule has 0 saturated heterocycles. The number of rotatable bonds is 6. The average Bonchev–Trinajstić information content (AvgIpc) is 2.43. The fourth-order valence-electron chi connectivity index (χ4n) is 1.46. The lowest BCUT2D eigenvalue weighted by Gasteiger charge is -2.11. The second-order valence-corrected chi connectivity index (χ2v) is 4.28. The van der Waals surface area contributed by atoms with E-state index in [0.29, 0.717) is 24.3 Å². The van der Waals surface area contributed by atoms with E-state index >= 15 is 0 Å². The van der Waals surface area contributed by atoms with Crippen LogP contribution in [0.25, 0.3) is 0 Å². The van der Waals surface area contributed by atoms with Gasteiger partial charge in [-0.05, 0) is 44.0 Å². The highest BCUT2D eigenvalue weighted by atomic mass is 19.1. The Bertz CT molecular complexity index is 463. The summed E-state index contributed by atoms with van der Waals surface area (Å²) in [5.74, 6) is 0.180.